The normalized spacial score (nSPS) is 24.7. The van der Waals surface area contributed by atoms with Crippen LogP contribution in [0.4, 0.5) is 0 Å². The van der Waals surface area contributed by atoms with Gasteiger partial charge in [0, 0.05) is 38.7 Å². The Kier molecular flexibility index (Phi) is 11.3. The van der Waals surface area contributed by atoms with Gasteiger partial charge in [-0.05, 0) is 18.4 Å². The Hall–Kier alpha value is -2.45. The van der Waals surface area contributed by atoms with Crippen LogP contribution in [-0.2, 0) is 44.7 Å². The van der Waals surface area contributed by atoms with Crippen molar-refractivity contribution in [3.63, 3.8) is 0 Å². The van der Waals surface area contributed by atoms with Crippen LogP contribution in [0.25, 0.3) is 0 Å². The zero-order chi connectivity index (χ0) is 24.2. The summed E-state index contributed by atoms with van der Waals surface area (Å²) in [7, 11) is 0. The average molecular weight is 465 g/mol. The van der Waals surface area contributed by atoms with Gasteiger partial charge in [-0.2, -0.15) is 0 Å². The number of benzene rings is 1. The highest BCUT2D eigenvalue weighted by Gasteiger charge is 2.44. The van der Waals surface area contributed by atoms with E-state index in [4.69, 9.17) is 23.7 Å². The summed E-state index contributed by atoms with van der Waals surface area (Å²) >= 11 is 0. The first-order chi connectivity index (χ1) is 15.8. The molecule has 0 N–H and O–H groups in total. The Morgan fingerprint density at radius 3 is 2.30 bits per heavy atom. The quantitative estimate of drug-likeness (QED) is 0.262. The lowest BCUT2D eigenvalue weighted by Gasteiger charge is -2.43. The largest absolute Gasteiger partial charge is 0.463 e. The smallest absolute Gasteiger partial charge is 0.306 e. The SMILES string of the molecule is CC(=O)OCC1OC(OCCCCCC(=O)OCc2ccccc2)C(C)C(C)C1OC(C)=O. The van der Waals surface area contributed by atoms with E-state index >= 15 is 0 Å². The molecule has 184 valence electrons. The number of ether oxygens (including phenoxy) is 5. The van der Waals surface area contributed by atoms with Gasteiger partial charge in [-0.1, -0.05) is 50.6 Å². The second kappa shape index (κ2) is 14.0. The van der Waals surface area contributed by atoms with E-state index in [9.17, 15) is 14.4 Å². The predicted molar refractivity (Wildman–Crippen MR) is 120 cm³/mol. The molecular formula is C25H36O8. The molecule has 8 heteroatoms. The van der Waals surface area contributed by atoms with Gasteiger partial charge in [-0.15, -0.1) is 0 Å². The topological polar surface area (TPSA) is 97.4 Å². The van der Waals surface area contributed by atoms with Gasteiger partial charge in [0.1, 0.15) is 25.4 Å². The van der Waals surface area contributed by atoms with Gasteiger partial charge in [0.05, 0.1) is 0 Å². The third-order valence-electron chi connectivity index (χ3n) is 5.76. The molecule has 2 rings (SSSR count). The molecule has 1 aromatic rings. The van der Waals surface area contributed by atoms with Crippen LogP contribution in [0.1, 0.15) is 58.9 Å². The number of unbranched alkanes of at least 4 members (excludes halogenated alkanes) is 2. The molecule has 1 heterocycles. The van der Waals surface area contributed by atoms with Gasteiger partial charge >= 0.3 is 17.9 Å². The van der Waals surface area contributed by atoms with Crippen molar-refractivity contribution in [1.82, 2.24) is 0 Å². The van der Waals surface area contributed by atoms with Crippen LogP contribution in [0.15, 0.2) is 30.3 Å². The van der Waals surface area contributed by atoms with Gasteiger partial charge < -0.3 is 23.7 Å². The molecule has 0 bridgehead atoms. The van der Waals surface area contributed by atoms with Crippen LogP contribution in [0.2, 0.25) is 0 Å². The molecule has 1 fully saturated rings. The first-order valence-corrected chi connectivity index (χ1v) is 11.5. The minimum absolute atomic E-state index is 0.00467. The van der Waals surface area contributed by atoms with Crippen molar-refractivity contribution in [2.75, 3.05) is 13.2 Å². The molecule has 0 spiro atoms. The molecule has 0 amide bonds. The number of hydrogen-bond acceptors (Lipinski definition) is 8. The Bertz CT molecular complexity index is 750. The lowest BCUT2D eigenvalue weighted by molar-refractivity contribution is -0.273. The van der Waals surface area contributed by atoms with Crippen LogP contribution in [0.3, 0.4) is 0 Å². The second-order valence-corrected chi connectivity index (χ2v) is 8.47. The van der Waals surface area contributed by atoms with Crippen LogP contribution >= 0.6 is 0 Å². The fraction of sp³-hybridized carbons (Fsp3) is 0.640. The van der Waals surface area contributed by atoms with E-state index in [1.807, 2.05) is 44.2 Å². The summed E-state index contributed by atoms with van der Waals surface area (Å²) in [5, 5.41) is 0. The third kappa shape index (κ3) is 9.52. The molecule has 0 aromatic heterocycles. The molecule has 5 unspecified atom stereocenters. The molecule has 8 nitrogen and oxygen atoms in total. The van der Waals surface area contributed by atoms with Crippen LogP contribution in [0.5, 0.6) is 0 Å². The van der Waals surface area contributed by atoms with E-state index in [0.717, 1.165) is 24.8 Å². The van der Waals surface area contributed by atoms with Crippen molar-refractivity contribution < 1.29 is 38.1 Å². The molecule has 1 aromatic carbocycles. The molecule has 0 saturated carbocycles. The molecule has 0 aliphatic carbocycles. The highest BCUT2D eigenvalue weighted by atomic mass is 16.7. The van der Waals surface area contributed by atoms with Crippen molar-refractivity contribution in [3.05, 3.63) is 35.9 Å². The summed E-state index contributed by atoms with van der Waals surface area (Å²) in [4.78, 5) is 34.6. The number of rotatable bonds is 12. The third-order valence-corrected chi connectivity index (χ3v) is 5.76. The van der Waals surface area contributed by atoms with E-state index < -0.39 is 30.4 Å². The maximum absolute atomic E-state index is 11.9. The van der Waals surface area contributed by atoms with Crippen LogP contribution < -0.4 is 0 Å². The van der Waals surface area contributed by atoms with E-state index in [1.165, 1.54) is 13.8 Å². The maximum Gasteiger partial charge on any atom is 0.306 e. The Morgan fingerprint density at radius 1 is 0.909 bits per heavy atom. The van der Waals surface area contributed by atoms with Crippen LogP contribution in [-0.4, -0.2) is 49.6 Å². The first kappa shape index (κ1) is 26.8. The Balaban J connectivity index is 1.69. The van der Waals surface area contributed by atoms with E-state index in [2.05, 4.69) is 0 Å². The number of esters is 3. The fourth-order valence-corrected chi connectivity index (χ4v) is 3.72. The molecule has 1 aliphatic heterocycles. The molecule has 33 heavy (non-hydrogen) atoms. The lowest BCUT2D eigenvalue weighted by Crippen LogP contribution is -2.53. The monoisotopic (exact) mass is 464 g/mol. The number of hydrogen-bond donors (Lipinski definition) is 0. The van der Waals surface area contributed by atoms with Gasteiger partial charge in [0.15, 0.2) is 6.29 Å². The summed E-state index contributed by atoms with van der Waals surface area (Å²) in [5.74, 6) is -1.09. The number of carbonyl (C=O) groups is 3. The Morgan fingerprint density at radius 2 is 1.64 bits per heavy atom. The summed E-state index contributed by atoms with van der Waals surface area (Å²) < 4.78 is 27.8. The number of carbonyl (C=O) groups excluding carboxylic acids is 3. The zero-order valence-corrected chi connectivity index (χ0v) is 20.0. The first-order valence-electron chi connectivity index (χ1n) is 11.5. The Labute approximate surface area is 195 Å². The van der Waals surface area contributed by atoms with Gasteiger partial charge in [-0.3, -0.25) is 14.4 Å². The fourth-order valence-electron chi connectivity index (χ4n) is 3.72. The highest BCUT2D eigenvalue weighted by Crippen LogP contribution is 2.33. The highest BCUT2D eigenvalue weighted by molar-refractivity contribution is 5.69. The van der Waals surface area contributed by atoms with Crippen molar-refractivity contribution in [1.29, 1.82) is 0 Å². The summed E-state index contributed by atoms with van der Waals surface area (Å²) in [6.07, 6.45) is 1.08. The van der Waals surface area contributed by atoms with Crippen LogP contribution in [0, 0.1) is 11.8 Å². The summed E-state index contributed by atoms with van der Waals surface area (Å²) in [6.45, 7) is 7.38. The van der Waals surface area contributed by atoms with E-state index in [-0.39, 0.29) is 24.4 Å². The molecule has 5 atom stereocenters. The van der Waals surface area contributed by atoms with Gasteiger partial charge in [0.2, 0.25) is 0 Å². The molecular weight excluding hydrogens is 428 g/mol. The maximum atomic E-state index is 11.9. The lowest BCUT2D eigenvalue weighted by atomic mass is 9.84. The standard InChI is InChI=1S/C25H36O8/c1-17-18(2)25(33-22(16-30-19(3)26)24(17)32-20(4)27)29-14-10-6-9-13-23(28)31-15-21-11-7-5-8-12-21/h5,7-8,11-12,17-18,22,24-25H,6,9-10,13-16H2,1-4H3. The molecule has 1 saturated heterocycles. The van der Waals surface area contributed by atoms with Crippen molar-refractivity contribution in [2.45, 2.75) is 78.5 Å². The molecule has 1 aliphatic rings. The van der Waals surface area contributed by atoms with E-state index in [0.29, 0.717) is 19.6 Å². The predicted octanol–water partition coefficient (Wildman–Crippen LogP) is 3.80. The van der Waals surface area contributed by atoms with Crippen molar-refractivity contribution in [2.24, 2.45) is 11.8 Å². The van der Waals surface area contributed by atoms with Crippen molar-refractivity contribution >= 4 is 17.9 Å². The molecule has 0 radical (unpaired) electrons. The van der Waals surface area contributed by atoms with Gasteiger partial charge in [-0.25, -0.2) is 0 Å². The summed E-state index contributed by atoms with van der Waals surface area (Å²) in [6, 6.07) is 9.59. The van der Waals surface area contributed by atoms with Gasteiger partial charge in [0.25, 0.3) is 0 Å². The van der Waals surface area contributed by atoms with E-state index in [1.54, 1.807) is 0 Å². The van der Waals surface area contributed by atoms with Crippen molar-refractivity contribution in [3.8, 4) is 0 Å². The second-order valence-electron chi connectivity index (χ2n) is 8.47. The zero-order valence-electron chi connectivity index (χ0n) is 20.0. The average Bonchev–Trinajstić information content (AvgIpc) is 2.78. The summed E-state index contributed by atoms with van der Waals surface area (Å²) in [5.41, 5.74) is 0.970. The minimum atomic E-state index is -0.589. The minimum Gasteiger partial charge on any atom is -0.463 e.